The maximum absolute atomic E-state index is 6.18. The van der Waals surface area contributed by atoms with Gasteiger partial charge in [0, 0.05) is 5.02 Å². The highest BCUT2D eigenvalue weighted by Gasteiger charge is 2.16. The van der Waals surface area contributed by atoms with E-state index in [4.69, 9.17) is 27.9 Å². The third kappa shape index (κ3) is 1.99. The molecular weight excluding hydrogens is 219 g/mol. The topological polar surface area (TPSA) is 9.23 Å². The molecular formula is C11H14Cl2O. The molecule has 0 saturated heterocycles. The lowest BCUT2D eigenvalue weighted by atomic mass is 10.0. The molecule has 78 valence electrons. The Morgan fingerprint density at radius 2 is 1.79 bits per heavy atom. The van der Waals surface area contributed by atoms with Gasteiger partial charge in [-0.25, -0.2) is 0 Å². The van der Waals surface area contributed by atoms with Crippen molar-refractivity contribution in [3.63, 3.8) is 0 Å². The van der Waals surface area contributed by atoms with Crippen LogP contribution in [-0.4, -0.2) is 7.11 Å². The zero-order valence-corrected chi connectivity index (χ0v) is 10.3. The Kier molecular flexibility index (Phi) is 3.68. The maximum atomic E-state index is 6.18. The number of hydrogen-bond acceptors (Lipinski definition) is 1. The summed E-state index contributed by atoms with van der Waals surface area (Å²) in [5, 5.41) is 1.36. The lowest BCUT2D eigenvalue weighted by molar-refractivity contribution is 0.414. The van der Waals surface area contributed by atoms with Crippen molar-refractivity contribution in [2.75, 3.05) is 7.11 Å². The number of ether oxygens (including phenoxy) is 1. The highest BCUT2D eigenvalue weighted by molar-refractivity contribution is 6.37. The standard InChI is InChI=1S/C11H14Cl2O/c1-6(2)9-10(12)7(3)5-8(14-4)11(9)13/h5-6H,1-4H3. The summed E-state index contributed by atoms with van der Waals surface area (Å²) >= 11 is 12.4. The molecule has 0 bridgehead atoms. The van der Waals surface area contributed by atoms with Gasteiger partial charge >= 0.3 is 0 Å². The summed E-state index contributed by atoms with van der Waals surface area (Å²) in [5.74, 6) is 0.987. The fourth-order valence-electron chi connectivity index (χ4n) is 1.42. The van der Waals surface area contributed by atoms with E-state index in [1.54, 1.807) is 7.11 Å². The summed E-state index contributed by atoms with van der Waals surface area (Å²) < 4.78 is 5.18. The SMILES string of the molecule is COc1cc(C)c(Cl)c(C(C)C)c1Cl. The van der Waals surface area contributed by atoms with Crippen molar-refractivity contribution in [3.05, 3.63) is 27.2 Å². The Hall–Kier alpha value is -0.400. The van der Waals surface area contributed by atoms with Gasteiger partial charge in [0.1, 0.15) is 5.75 Å². The smallest absolute Gasteiger partial charge is 0.138 e. The number of aryl methyl sites for hydroxylation is 1. The van der Waals surface area contributed by atoms with Crippen LogP contribution in [0.4, 0.5) is 0 Å². The molecule has 0 saturated carbocycles. The van der Waals surface area contributed by atoms with Gasteiger partial charge in [-0.05, 0) is 30.0 Å². The Balaban J connectivity index is 3.45. The zero-order chi connectivity index (χ0) is 10.9. The maximum Gasteiger partial charge on any atom is 0.138 e. The molecule has 1 nitrogen and oxygen atoms in total. The summed E-state index contributed by atoms with van der Waals surface area (Å²) in [5.41, 5.74) is 1.96. The molecule has 0 aliphatic heterocycles. The molecule has 0 atom stereocenters. The molecule has 0 unspecified atom stereocenters. The van der Waals surface area contributed by atoms with Gasteiger partial charge in [-0.3, -0.25) is 0 Å². The fraction of sp³-hybridized carbons (Fsp3) is 0.455. The summed E-state index contributed by atoms with van der Waals surface area (Å²) in [6.45, 7) is 6.07. The van der Waals surface area contributed by atoms with Gasteiger partial charge in [-0.15, -0.1) is 0 Å². The number of hydrogen-bond donors (Lipinski definition) is 0. The number of rotatable bonds is 2. The van der Waals surface area contributed by atoms with Crippen LogP contribution in [0.3, 0.4) is 0 Å². The van der Waals surface area contributed by atoms with Gasteiger partial charge in [0.25, 0.3) is 0 Å². The summed E-state index contributed by atoms with van der Waals surface area (Å²) in [4.78, 5) is 0. The van der Waals surface area contributed by atoms with Gasteiger partial charge in [-0.1, -0.05) is 37.0 Å². The Bertz CT molecular complexity index is 346. The third-order valence-corrected chi connectivity index (χ3v) is 3.07. The molecule has 0 aliphatic rings. The predicted octanol–water partition coefficient (Wildman–Crippen LogP) is 4.43. The van der Waals surface area contributed by atoms with Crippen molar-refractivity contribution in [1.29, 1.82) is 0 Å². The van der Waals surface area contributed by atoms with Crippen LogP contribution in [0.25, 0.3) is 0 Å². The van der Waals surface area contributed by atoms with E-state index in [1.165, 1.54) is 0 Å². The lowest BCUT2D eigenvalue weighted by Gasteiger charge is -2.15. The molecule has 0 amide bonds. The highest BCUT2D eigenvalue weighted by atomic mass is 35.5. The van der Waals surface area contributed by atoms with Crippen LogP contribution >= 0.6 is 23.2 Å². The van der Waals surface area contributed by atoms with Crippen molar-refractivity contribution >= 4 is 23.2 Å². The molecule has 0 radical (unpaired) electrons. The van der Waals surface area contributed by atoms with Crippen LogP contribution in [0, 0.1) is 6.92 Å². The highest BCUT2D eigenvalue weighted by Crippen LogP contribution is 2.39. The van der Waals surface area contributed by atoms with Gasteiger partial charge < -0.3 is 4.74 Å². The first-order chi connectivity index (χ1) is 6.49. The third-order valence-electron chi connectivity index (χ3n) is 2.18. The van der Waals surface area contributed by atoms with Gasteiger partial charge in [-0.2, -0.15) is 0 Å². The van der Waals surface area contributed by atoms with Crippen molar-refractivity contribution in [1.82, 2.24) is 0 Å². The van der Waals surface area contributed by atoms with Crippen LogP contribution in [-0.2, 0) is 0 Å². The van der Waals surface area contributed by atoms with Crippen LogP contribution in [0.2, 0.25) is 10.0 Å². The van der Waals surface area contributed by atoms with Crippen molar-refractivity contribution in [2.24, 2.45) is 0 Å². The molecule has 0 fully saturated rings. The molecule has 1 rings (SSSR count). The van der Waals surface area contributed by atoms with Crippen LogP contribution in [0.5, 0.6) is 5.75 Å². The Morgan fingerprint density at radius 3 is 2.21 bits per heavy atom. The first kappa shape index (κ1) is 11.7. The van der Waals surface area contributed by atoms with E-state index in [-0.39, 0.29) is 0 Å². The molecule has 0 heterocycles. The van der Waals surface area contributed by atoms with Crippen LogP contribution < -0.4 is 4.74 Å². The second kappa shape index (κ2) is 4.41. The minimum Gasteiger partial charge on any atom is -0.495 e. The monoisotopic (exact) mass is 232 g/mol. The Morgan fingerprint density at radius 1 is 1.21 bits per heavy atom. The van der Waals surface area contributed by atoms with Crippen molar-refractivity contribution in [3.8, 4) is 5.75 Å². The van der Waals surface area contributed by atoms with E-state index in [2.05, 4.69) is 13.8 Å². The number of halogens is 2. The quantitative estimate of drug-likeness (QED) is 0.733. The summed E-state index contributed by atoms with van der Waals surface area (Å²) in [7, 11) is 1.61. The Labute approximate surface area is 95.0 Å². The van der Waals surface area contributed by atoms with Crippen LogP contribution in [0.15, 0.2) is 6.07 Å². The molecule has 0 aromatic heterocycles. The average molecular weight is 233 g/mol. The van der Waals surface area contributed by atoms with Gasteiger partial charge in [0.2, 0.25) is 0 Å². The van der Waals surface area contributed by atoms with E-state index in [0.717, 1.165) is 16.1 Å². The lowest BCUT2D eigenvalue weighted by Crippen LogP contribution is -1.96. The molecule has 14 heavy (non-hydrogen) atoms. The largest absolute Gasteiger partial charge is 0.495 e. The molecule has 0 aliphatic carbocycles. The molecule has 3 heteroatoms. The molecule has 0 N–H and O–H groups in total. The number of benzene rings is 1. The number of methoxy groups -OCH3 is 1. The second-order valence-corrected chi connectivity index (χ2v) is 4.35. The normalized spacial score (nSPS) is 10.8. The first-order valence-electron chi connectivity index (χ1n) is 4.51. The van der Waals surface area contributed by atoms with Crippen LogP contribution in [0.1, 0.15) is 30.9 Å². The second-order valence-electron chi connectivity index (χ2n) is 3.59. The summed E-state index contributed by atoms with van der Waals surface area (Å²) in [6.07, 6.45) is 0. The van der Waals surface area contributed by atoms with E-state index in [1.807, 2.05) is 13.0 Å². The van der Waals surface area contributed by atoms with E-state index in [9.17, 15) is 0 Å². The minimum absolute atomic E-state index is 0.295. The van der Waals surface area contributed by atoms with Gasteiger partial charge in [0.15, 0.2) is 0 Å². The summed E-state index contributed by atoms with van der Waals surface area (Å²) in [6, 6.07) is 1.86. The fourth-order valence-corrected chi connectivity index (χ4v) is 2.28. The molecule has 1 aromatic carbocycles. The van der Waals surface area contributed by atoms with Crippen molar-refractivity contribution < 1.29 is 4.74 Å². The minimum atomic E-state index is 0.295. The van der Waals surface area contributed by atoms with Gasteiger partial charge in [0.05, 0.1) is 12.1 Å². The first-order valence-corrected chi connectivity index (χ1v) is 5.27. The zero-order valence-electron chi connectivity index (χ0n) is 8.82. The van der Waals surface area contributed by atoms with E-state index >= 15 is 0 Å². The van der Waals surface area contributed by atoms with E-state index < -0.39 is 0 Å². The van der Waals surface area contributed by atoms with E-state index in [0.29, 0.717) is 16.7 Å². The predicted molar refractivity (Wildman–Crippen MR) is 61.8 cm³/mol. The van der Waals surface area contributed by atoms with Crippen molar-refractivity contribution in [2.45, 2.75) is 26.7 Å². The average Bonchev–Trinajstić information content (AvgIpc) is 2.11. The molecule has 1 aromatic rings. The molecule has 0 spiro atoms.